The topological polar surface area (TPSA) is 99.3 Å². The zero-order chi connectivity index (χ0) is 16.8. The lowest BCUT2D eigenvalue weighted by Gasteiger charge is -2.21. The van der Waals surface area contributed by atoms with Crippen LogP contribution in [0.1, 0.15) is 18.5 Å². The normalized spacial score (nSPS) is 17.3. The Labute approximate surface area is 136 Å². The fraction of sp³-hybridized carbons (Fsp3) is 0.600. The van der Waals surface area contributed by atoms with Crippen LogP contribution in [0.25, 0.3) is 0 Å². The van der Waals surface area contributed by atoms with Crippen molar-refractivity contribution in [2.75, 3.05) is 43.9 Å². The number of hydrogen-bond acceptors (Lipinski definition) is 6. The average molecular weight is 320 g/mol. The molecule has 1 atom stereocenters. The molecule has 23 heavy (non-hydrogen) atoms. The van der Waals surface area contributed by atoms with Crippen LogP contribution in [0.3, 0.4) is 0 Å². The number of anilines is 2. The molecule has 1 aromatic rings. The molecule has 126 valence electrons. The number of nitrogens with zero attached hydrogens (tertiary/aromatic N) is 3. The summed E-state index contributed by atoms with van der Waals surface area (Å²) in [5.41, 5.74) is 0.883. The van der Waals surface area contributed by atoms with Crippen LogP contribution in [0.2, 0.25) is 0 Å². The molecule has 2 rings (SSSR count). The first kappa shape index (κ1) is 17.0. The lowest BCUT2D eigenvalue weighted by molar-refractivity contribution is -0.128. The van der Waals surface area contributed by atoms with Crippen LogP contribution in [0.15, 0.2) is 6.07 Å². The van der Waals surface area contributed by atoms with Gasteiger partial charge in [0.25, 0.3) is 0 Å². The minimum Gasteiger partial charge on any atom is -0.363 e. The molecule has 3 N–H and O–H groups in total. The van der Waals surface area contributed by atoms with Gasteiger partial charge in [0, 0.05) is 51.9 Å². The number of rotatable bonds is 6. The molecule has 1 unspecified atom stereocenters. The number of nitrogens with one attached hydrogen (secondary N) is 3. The van der Waals surface area contributed by atoms with Gasteiger partial charge in [-0.15, -0.1) is 0 Å². The van der Waals surface area contributed by atoms with E-state index in [2.05, 4.69) is 25.9 Å². The maximum Gasteiger partial charge on any atom is 0.224 e. The summed E-state index contributed by atoms with van der Waals surface area (Å²) in [7, 11) is 3.85. The monoisotopic (exact) mass is 320 g/mol. The van der Waals surface area contributed by atoms with Crippen LogP contribution in [-0.4, -0.2) is 55.5 Å². The summed E-state index contributed by atoms with van der Waals surface area (Å²) in [5.74, 6) is 1.24. The minimum atomic E-state index is -0.136. The van der Waals surface area contributed by atoms with Crippen molar-refractivity contribution < 1.29 is 9.59 Å². The lowest BCUT2D eigenvalue weighted by atomic mass is 9.98. The van der Waals surface area contributed by atoms with Gasteiger partial charge in [0.1, 0.15) is 5.82 Å². The van der Waals surface area contributed by atoms with Crippen LogP contribution < -0.4 is 20.9 Å². The van der Waals surface area contributed by atoms with Gasteiger partial charge >= 0.3 is 0 Å². The average Bonchev–Trinajstić information content (AvgIpc) is 2.51. The van der Waals surface area contributed by atoms with Crippen molar-refractivity contribution >= 4 is 23.6 Å². The number of carbonyl (C=O) groups is 2. The Morgan fingerprint density at radius 3 is 2.83 bits per heavy atom. The number of carbonyl (C=O) groups excluding carboxylic acids is 2. The van der Waals surface area contributed by atoms with E-state index < -0.39 is 0 Å². The van der Waals surface area contributed by atoms with E-state index in [9.17, 15) is 9.59 Å². The Kier molecular flexibility index (Phi) is 5.72. The van der Waals surface area contributed by atoms with Gasteiger partial charge < -0.3 is 20.9 Å². The number of aromatic nitrogens is 2. The summed E-state index contributed by atoms with van der Waals surface area (Å²) in [4.78, 5) is 33.7. The number of piperidine rings is 1. The predicted octanol–water partition coefficient (Wildman–Crippen LogP) is -0.0947. The Morgan fingerprint density at radius 2 is 2.17 bits per heavy atom. The second kappa shape index (κ2) is 7.75. The molecule has 0 aromatic carbocycles. The lowest BCUT2D eigenvalue weighted by Crippen LogP contribution is -2.43. The molecule has 1 fully saturated rings. The molecule has 0 radical (unpaired) electrons. The van der Waals surface area contributed by atoms with Crippen LogP contribution in [0.5, 0.6) is 0 Å². The molecule has 2 amide bonds. The molecular formula is C15H24N6O2. The zero-order valence-electron chi connectivity index (χ0n) is 13.8. The first-order valence-electron chi connectivity index (χ1n) is 7.77. The highest BCUT2D eigenvalue weighted by Gasteiger charge is 2.23. The Bertz CT molecular complexity index is 565. The van der Waals surface area contributed by atoms with E-state index in [1.807, 2.05) is 32.0 Å². The predicted molar refractivity (Wildman–Crippen MR) is 88.3 cm³/mol. The third kappa shape index (κ3) is 5.08. The first-order chi connectivity index (χ1) is 11.0. The van der Waals surface area contributed by atoms with Gasteiger partial charge in [0.2, 0.25) is 17.8 Å². The van der Waals surface area contributed by atoms with Gasteiger partial charge in [-0.05, 0) is 13.3 Å². The van der Waals surface area contributed by atoms with Gasteiger partial charge in [-0.2, -0.15) is 4.98 Å². The molecule has 8 nitrogen and oxygen atoms in total. The molecule has 0 bridgehead atoms. The first-order valence-corrected chi connectivity index (χ1v) is 7.77. The standard InChI is InChI=1S/C15H24N6O2/c1-10-8-12(21(2)3)20-15(19-10)17-7-6-16-14(23)11-4-5-13(22)18-9-11/h8,11H,4-7,9H2,1-3H3,(H,16,23)(H,18,22)(H,17,19,20). The van der Waals surface area contributed by atoms with Crippen molar-refractivity contribution in [1.82, 2.24) is 20.6 Å². The summed E-state index contributed by atoms with van der Waals surface area (Å²) < 4.78 is 0. The molecule has 1 aromatic heterocycles. The Balaban J connectivity index is 1.75. The number of hydrogen-bond donors (Lipinski definition) is 3. The van der Waals surface area contributed by atoms with Gasteiger partial charge in [0.15, 0.2) is 0 Å². The Morgan fingerprint density at radius 1 is 1.39 bits per heavy atom. The van der Waals surface area contributed by atoms with Crippen molar-refractivity contribution in [2.24, 2.45) is 5.92 Å². The van der Waals surface area contributed by atoms with Crippen molar-refractivity contribution in [1.29, 1.82) is 0 Å². The van der Waals surface area contributed by atoms with Crippen LogP contribution in [0, 0.1) is 12.8 Å². The molecule has 0 aliphatic carbocycles. The maximum atomic E-state index is 12.0. The second-order valence-corrected chi connectivity index (χ2v) is 5.84. The fourth-order valence-electron chi connectivity index (χ4n) is 2.32. The number of aryl methyl sites for hydroxylation is 1. The third-order valence-electron chi connectivity index (χ3n) is 3.64. The molecule has 2 heterocycles. The SMILES string of the molecule is Cc1cc(N(C)C)nc(NCCNC(=O)C2CCC(=O)NC2)n1. The second-order valence-electron chi connectivity index (χ2n) is 5.84. The molecule has 8 heteroatoms. The molecule has 0 spiro atoms. The summed E-state index contributed by atoms with van der Waals surface area (Å²) in [6, 6.07) is 1.91. The van der Waals surface area contributed by atoms with E-state index >= 15 is 0 Å². The summed E-state index contributed by atoms with van der Waals surface area (Å²) in [5, 5.41) is 8.70. The van der Waals surface area contributed by atoms with Crippen molar-refractivity contribution in [3.05, 3.63) is 11.8 Å². The van der Waals surface area contributed by atoms with Crippen molar-refractivity contribution in [2.45, 2.75) is 19.8 Å². The highest BCUT2D eigenvalue weighted by atomic mass is 16.2. The number of amides is 2. The van der Waals surface area contributed by atoms with Crippen molar-refractivity contribution in [3.63, 3.8) is 0 Å². The minimum absolute atomic E-state index is 0.0176. The summed E-state index contributed by atoms with van der Waals surface area (Å²) in [6.07, 6.45) is 1.03. The molecule has 1 saturated heterocycles. The Hall–Kier alpha value is -2.38. The van der Waals surface area contributed by atoms with E-state index in [4.69, 9.17) is 0 Å². The molecule has 1 aliphatic rings. The maximum absolute atomic E-state index is 12.0. The zero-order valence-corrected chi connectivity index (χ0v) is 13.8. The van der Waals surface area contributed by atoms with E-state index in [0.29, 0.717) is 38.4 Å². The molecular weight excluding hydrogens is 296 g/mol. The highest BCUT2D eigenvalue weighted by Crippen LogP contribution is 2.12. The molecule has 1 aliphatic heterocycles. The molecule has 0 saturated carbocycles. The van der Waals surface area contributed by atoms with Gasteiger partial charge in [-0.25, -0.2) is 4.98 Å². The van der Waals surface area contributed by atoms with Crippen LogP contribution >= 0.6 is 0 Å². The highest BCUT2D eigenvalue weighted by molar-refractivity contribution is 5.83. The van der Waals surface area contributed by atoms with Gasteiger partial charge in [0.05, 0.1) is 5.92 Å². The van der Waals surface area contributed by atoms with Gasteiger partial charge in [-0.1, -0.05) is 0 Å². The summed E-state index contributed by atoms with van der Waals surface area (Å²) >= 11 is 0. The van der Waals surface area contributed by atoms with Crippen LogP contribution in [-0.2, 0) is 9.59 Å². The van der Waals surface area contributed by atoms with Crippen molar-refractivity contribution in [3.8, 4) is 0 Å². The smallest absolute Gasteiger partial charge is 0.224 e. The largest absolute Gasteiger partial charge is 0.363 e. The quantitative estimate of drug-likeness (QED) is 0.633. The third-order valence-corrected chi connectivity index (χ3v) is 3.64. The fourth-order valence-corrected chi connectivity index (χ4v) is 2.32. The van der Waals surface area contributed by atoms with Gasteiger partial charge in [-0.3, -0.25) is 9.59 Å². The van der Waals surface area contributed by atoms with E-state index in [0.717, 1.165) is 11.5 Å². The summed E-state index contributed by atoms with van der Waals surface area (Å²) in [6.45, 7) is 3.36. The van der Waals surface area contributed by atoms with E-state index in [-0.39, 0.29) is 17.7 Å². The van der Waals surface area contributed by atoms with E-state index in [1.165, 1.54) is 0 Å². The van der Waals surface area contributed by atoms with Crippen LogP contribution in [0.4, 0.5) is 11.8 Å². The van der Waals surface area contributed by atoms with E-state index in [1.54, 1.807) is 0 Å².